The molecule has 7 heteroatoms. The maximum atomic E-state index is 7.70. The van der Waals surface area contributed by atoms with E-state index in [-0.39, 0.29) is 0 Å². The van der Waals surface area contributed by atoms with Crippen molar-refractivity contribution < 1.29 is 0 Å². The maximum Gasteiger partial charge on any atom is 0.110 e. The van der Waals surface area contributed by atoms with Gasteiger partial charge in [0.1, 0.15) is 5.70 Å². The van der Waals surface area contributed by atoms with Gasteiger partial charge in [-0.1, -0.05) is 6.07 Å². The maximum absolute atomic E-state index is 7.70. The fourth-order valence-corrected chi connectivity index (χ4v) is 3.37. The normalized spacial score (nSPS) is 15.4. The van der Waals surface area contributed by atoms with Crippen molar-refractivity contribution in [2.24, 2.45) is 5.11 Å². The number of pyridine rings is 1. The highest BCUT2D eigenvalue weighted by Gasteiger charge is 2.16. The molecule has 0 spiro atoms. The number of anilines is 3. The number of piperazine rings is 1. The molecule has 0 unspecified atom stereocenters. The van der Waals surface area contributed by atoms with E-state index in [1.54, 1.807) is 6.20 Å². The zero-order chi connectivity index (χ0) is 20.1. The van der Waals surface area contributed by atoms with Gasteiger partial charge in [0.05, 0.1) is 11.9 Å². The van der Waals surface area contributed by atoms with E-state index in [9.17, 15) is 0 Å². The van der Waals surface area contributed by atoms with Gasteiger partial charge in [0.15, 0.2) is 0 Å². The van der Waals surface area contributed by atoms with Crippen LogP contribution in [0.25, 0.3) is 5.70 Å². The van der Waals surface area contributed by atoms with Crippen LogP contribution < -0.4 is 15.1 Å². The Morgan fingerprint density at radius 2 is 1.96 bits per heavy atom. The molecule has 0 aliphatic carbocycles. The molecule has 1 fully saturated rings. The highest BCUT2D eigenvalue weighted by Crippen LogP contribution is 2.27. The van der Waals surface area contributed by atoms with E-state index in [0.29, 0.717) is 5.70 Å². The van der Waals surface area contributed by atoms with Crippen molar-refractivity contribution in [2.45, 2.75) is 6.92 Å². The highest BCUT2D eigenvalue weighted by atomic mass is 15.2. The van der Waals surface area contributed by atoms with Crippen molar-refractivity contribution in [1.82, 2.24) is 9.88 Å². The van der Waals surface area contributed by atoms with Gasteiger partial charge in [-0.2, -0.15) is 5.11 Å². The molecule has 1 aromatic heterocycles. The summed E-state index contributed by atoms with van der Waals surface area (Å²) in [6.07, 6.45) is 5.55. The largest absolute Gasteiger partial charge is 0.388 e. The van der Waals surface area contributed by atoms with Crippen molar-refractivity contribution in [3.8, 4) is 0 Å². The van der Waals surface area contributed by atoms with Crippen molar-refractivity contribution in [3.63, 3.8) is 0 Å². The zero-order valence-electron chi connectivity index (χ0n) is 17.1. The third kappa shape index (κ3) is 4.48. The molecule has 3 rings (SSSR count). The molecular weight excluding hydrogens is 350 g/mol. The Morgan fingerprint density at radius 3 is 2.64 bits per heavy atom. The Bertz CT molecular complexity index is 854. The number of likely N-dealkylation sites (N-methyl/N-ethyl adjacent to an activating group) is 1. The number of nitrogens with zero attached hydrogens (tertiary/aromatic N) is 5. The number of benzene rings is 1. The summed E-state index contributed by atoms with van der Waals surface area (Å²) in [6.45, 7) is 6.12. The second kappa shape index (κ2) is 8.84. The van der Waals surface area contributed by atoms with Crippen LogP contribution in [-0.2, 0) is 0 Å². The average molecular weight is 380 g/mol. The molecule has 2 aromatic rings. The summed E-state index contributed by atoms with van der Waals surface area (Å²) in [5.74, 6) is 0. The highest BCUT2D eigenvalue weighted by molar-refractivity contribution is 5.71. The molecule has 1 aromatic carbocycles. The van der Waals surface area contributed by atoms with Gasteiger partial charge in [-0.3, -0.25) is 4.98 Å². The summed E-state index contributed by atoms with van der Waals surface area (Å²) in [5.41, 5.74) is 13.5. The van der Waals surface area contributed by atoms with Crippen LogP contribution in [0.4, 0.5) is 17.1 Å². The standard InChI is InChI=1S/C21H29N7/c1-16-5-6-18(23-2)12-21(16)27(4)15-20(25-22)17-11-19(14-24-13-17)28-9-7-26(3)8-10-28/h5-6,11-15,22-23H,7-10H2,1-4H3/b20-15-,25-22?. The van der Waals surface area contributed by atoms with Crippen LogP contribution in [0, 0.1) is 12.5 Å². The molecule has 0 saturated carbocycles. The van der Waals surface area contributed by atoms with Crippen molar-refractivity contribution in [3.05, 3.63) is 54.0 Å². The van der Waals surface area contributed by atoms with Gasteiger partial charge in [0, 0.05) is 69.6 Å². The van der Waals surface area contributed by atoms with Crippen molar-refractivity contribution >= 4 is 22.8 Å². The lowest BCUT2D eigenvalue weighted by atomic mass is 10.1. The van der Waals surface area contributed by atoms with Gasteiger partial charge >= 0.3 is 0 Å². The number of nitrogens with one attached hydrogen (secondary N) is 2. The minimum Gasteiger partial charge on any atom is -0.388 e. The second-order valence-electron chi connectivity index (χ2n) is 7.21. The summed E-state index contributed by atoms with van der Waals surface area (Å²) in [5, 5.41) is 6.95. The molecule has 1 aliphatic rings. The quantitative estimate of drug-likeness (QED) is 0.750. The third-order valence-electron chi connectivity index (χ3n) is 5.20. The number of hydrogen-bond acceptors (Lipinski definition) is 7. The number of aromatic nitrogens is 1. The van der Waals surface area contributed by atoms with Crippen LogP contribution in [-0.4, -0.2) is 57.2 Å². The van der Waals surface area contributed by atoms with Gasteiger partial charge in [0.2, 0.25) is 0 Å². The lowest BCUT2D eigenvalue weighted by Crippen LogP contribution is -2.44. The van der Waals surface area contributed by atoms with Crippen LogP contribution in [0.15, 0.2) is 48.0 Å². The minimum atomic E-state index is 0.584. The smallest absolute Gasteiger partial charge is 0.110 e. The molecule has 0 amide bonds. The first-order chi connectivity index (χ1) is 13.5. The molecule has 0 atom stereocenters. The van der Waals surface area contributed by atoms with Gasteiger partial charge in [0.25, 0.3) is 0 Å². The topological polar surface area (TPSA) is 70.8 Å². The van der Waals surface area contributed by atoms with E-state index < -0.39 is 0 Å². The summed E-state index contributed by atoms with van der Waals surface area (Å²) in [7, 11) is 6.03. The first kappa shape index (κ1) is 19.8. The lowest BCUT2D eigenvalue weighted by molar-refractivity contribution is 0.313. The van der Waals surface area contributed by atoms with Crippen molar-refractivity contribution in [2.75, 3.05) is 62.4 Å². The number of hydrogen-bond donors (Lipinski definition) is 2. The fraction of sp³-hybridized carbons (Fsp3) is 0.381. The molecule has 148 valence electrons. The molecule has 0 bridgehead atoms. The summed E-state index contributed by atoms with van der Waals surface area (Å²) in [6, 6.07) is 8.30. The van der Waals surface area contributed by atoms with E-state index in [4.69, 9.17) is 5.53 Å². The Labute approximate surface area is 167 Å². The van der Waals surface area contributed by atoms with Crippen LogP contribution in [0.1, 0.15) is 11.1 Å². The molecule has 28 heavy (non-hydrogen) atoms. The summed E-state index contributed by atoms with van der Waals surface area (Å²) >= 11 is 0. The number of rotatable bonds is 6. The summed E-state index contributed by atoms with van der Waals surface area (Å²) in [4.78, 5) is 11.1. The van der Waals surface area contributed by atoms with Gasteiger partial charge in [-0.05, 0) is 37.7 Å². The molecule has 1 saturated heterocycles. The summed E-state index contributed by atoms with van der Waals surface area (Å²) < 4.78 is 0. The van der Waals surface area contributed by atoms with Crippen LogP contribution in [0.5, 0.6) is 0 Å². The SMILES string of the molecule is CNc1ccc(C)c(N(C)/C=C(\N=N)c2cncc(N3CCN(C)CC3)c2)c1. The van der Waals surface area contributed by atoms with Crippen LogP contribution in [0.3, 0.4) is 0 Å². The van der Waals surface area contributed by atoms with E-state index in [1.807, 2.05) is 31.4 Å². The Kier molecular flexibility index (Phi) is 6.26. The van der Waals surface area contributed by atoms with Gasteiger partial charge < -0.3 is 20.0 Å². The Balaban J connectivity index is 1.87. The third-order valence-corrected chi connectivity index (χ3v) is 5.20. The lowest BCUT2D eigenvalue weighted by Gasteiger charge is -2.34. The molecule has 7 nitrogen and oxygen atoms in total. The van der Waals surface area contributed by atoms with Gasteiger partial charge in [-0.25, -0.2) is 5.53 Å². The zero-order valence-corrected chi connectivity index (χ0v) is 17.1. The van der Waals surface area contributed by atoms with Crippen LogP contribution in [0.2, 0.25) is 0 Å². The molecule has 0 radical (unpaired) electrons. The minimum absolute atomic E-state index is 0.584. The predicted octanol–water partition coefficient (Wildman–Crippen LogP) is 3.65. The van der Waals surface area contributed by atoms with Crippen LogP contribution >= 0.6 is 0 Å². The molecular formula is C21H29N7. The fourth-order valence-electron chi connectivity index (χ4n) is 3.37. The first-order valence-electron chi connectivity index (χ1n) is 9.51. The van der Waals surface area contributed by atoms with E-state index >= 15 is 0 Å². The molecule has 2 N–H and O–H groups in total. The van der Waals surface area contributed by atoms with E-state index in [0.717, 1.165) is 54.4 Å². The Hall–Kier alpha value is -2.93. The van der Waals surface area contributed by atoms with Gasteiger partial charge in [-0.15, -0.1) is 0 Å². The second-order valence-corrected chi connectivity index (χ2v) is 7.21. The molecule has 1 aliphatic heterocycles. The van der Waals surface area contributed by atoms with Crippen molar-refractivity contribution in [1.29, 1.82) is 5.53 Å². The number of aryl methyl sites for hydroxylation is 1. The predicted molar refractivity (Wildman–Crippen MR) is 116 cm³/mol. The molecule has 2 heterocycles. The van der Waals surface area contributed by atoms with E-state index in [1.165, 1.54) is 0 Å². The Morgan fingerprint density at radius 1 is 1.21 bits per heavy atom. The van der Waals surface area contributed by atoms with E-state index in [2.05, 4.69) is 63.5 Å². The average Bonchev–Trinajstić information content (AvgIpc) is 2.72. The monoisotopic (exact) mass is 379 g/mol. The first-order valence-corrected chi connectivity index (χ1v) is 9.51.